The van der Waals surface area contributed by atoms with Crippen LogP contribution in [0.3, 0.4) is 0 Å². The summed E-state index contributed by atoms with van der Waals surface area (Å²) < 4.78 is 179. The maximum Gasteiger partial charge on any atom is 0.460 e. The zero-order chi connectivity index (χ0) is 19.5. The molecule has 0 aromatic carbocycles. The molecular formula is C9F14O. The molecule has 1 heterocycles. The quantitative estimate of drug-likeness (QED) is 0.640. The van der Waals surface area contributed by atoms with E-state index in [0.29, 0.717) is 0 Å². The van der Waals surface area contributed by atoms with Gasteiger partial charge in [0.25, 0.3) is 0 Å². The highest BCUT2D eigenvalue weighted by Crippen LogP contribution is 2.60. The Bertz CT molecular complexity index is 623. The van der Waals surface area contributed by atoms with E-state index in [2.05, 4.69) is 4.42 Å². The number of rotatable bonds is 4. The molecule has 0 radical (unpaired) electrons. The van der Waals surface area contributed by atoms with Crippen molar-refractivity contribution < 1.29 is 65.9 Å². The van der Waals surface area contributed by atoms with Gasteiger partial charge in [-0.1, -0.05) is 0 Å². The van der Waals surface area contributed by atoms with E-state index in [0.717, 1.165) is 0 Å². The first-order chi connectivity index (χ1) is 10.3. The maximum absolute atomic E-state index is 13.2. The smallest absolute Gasteiger partial charge is 0.424 e. The standard InChI is InChI=1S/C9F14O/c10-1-2(11)4(12)24-3(1)5(13,14)6(15,16)7(17,18)8(19,20)9(21,22)23. The van der Waals surface area contributed by atoms with E-state index in [1.54, 1.807) is 0 Å². The second-order valence-corrected chi connectivity index (χ2v) is 4.13. The molecule has 0 unspecified atom stereocenters. The Labute approximate surface area is 120 Å². The lowest BCUT2D eigenvalue weighted by Gasteiger charge is -2.36. The van der Waals surface area contributed by atoms with Crippen molar-refractivity contribution in [3.05, 3.63) is 23.4 Å². The van der Waals surface area contributed by atoms with E-state index in [1.165, 1.54) is 0 Å². The summed E-state index contributed by atoms with van der Waals surface area (Å²) in [5.41, 5.74) is 0. The van der Waals surface area contributed by atoms with E-state index in [1.807, 2.05) is 0 Å². The van der Waals surface area contributed by atoms with Gasteiger partial charge in [-0.15, -0.1) is 0 Å². The van der Waals surface area contributed by atoms with Crippen molar-refractivity contribution in [3.8, 4) is 0 Å². The number of alkyl halides is 11. The molecule has 0 atom stereocenters. The minimum absolute atomic E-state index is 2.78. The largest absolute Gasteiger partial charge is 0.460 e. The van der Waals surface area contributed by atoms with Crippen LogP contribution in [0.1, 0.15) is 5.76 Å². The fraction of sp³-hybridized carbons (Fsp3) is 0.556. The highest BCUT2D eigenvalue weighted by Gasteiger charge is 2.88. The molecule has 0 saturated heterocycles. The van der Waals surface area contributed by atoms with Gasteiger partial charge in [-0.3, -0.25) is 0 Å². The molecule has 1 aromatic rings. The summed E-state index contributed by atoms with van der Waals surface area (Å²) in [5, 5.41) is 0. The number of furan rings is 1. The van der Waals surface area contributed by atoms with Gasteiger partial charge >= 0.3 is 35.9 Å². The van der Waals surface area contributed by atoms with Crippen molar-refractivity contribution in [2.24, 2.45) is 0 Å². The summed E-state index contributed by atoms with van der Waals surface area (Å²) in [5.74, 6) is -40.1. The van der Waals surface area contributed by atoms with Crippen LogP contribution in [0.4, 0.5) is 61.5 Å². The summed E-state index contributed by atoms with van der Waals surface area (Å²) in [6, 6.07) is -2.95. The Morgan fingerprint density at radius 1 is 0.542 bits per heavy atom. The van der Waals surface area contributed by atoms with E-state index in [9.17, 15) is 61.5 Å². The van der Waals surface area contributed by atoms with E-state index < -0.39 is 53.3 Å². The average molecular weight is 390 g/mol. The van der Waals surface area contributed by atoms with Gasteiger partial charge < -0.3 is 4.42 Å². The molecule has 140 valence electrons. The molecule has 0 bridgehead atoms. The third kappa shape index (κ3) is 2.39. The molecule has 24 heavy (non-hydrogen) atoms. The van der Waals surface area contributed by atoms with E-state index >= 15 is 0 Å². The first-order valence-electron chi connectivity index (χ1n) is 5.05. The Hall–Kier alpha value is -1.70. The molecule has 1 aromatic heterocycles. The second-order valence-electron chi connectivity index (χ2n) is 4.13. The molecule has 0 aliphatic heterocycles. The summed E-state index contributed by atoms with van der Waals surface area (Å²) >= 11 is 0. The van der Waals surface area contributed by atoms with Gasteiger partial charge in [0.15, 0.2) is 0 Å². The third-order valence-corrected chi connectivity index (χ3v) is 2.58. The van der Waals surface area contributed by atoms with Crippen molar-refractivity contribution in [1.82, 2.24) is 0 Å². The second kappa shape index (κ2) is 5.15. The summed E-state index contributed by atoms with van der Waals surface area (Å²) in [7, 11) is 0. The minimum Gasteiger partial charge on any atom is -0.424 e. The highest BCUT2D eigenvalue weighted by molar-refractivity contribution is 5.19. The van der Waals surface area contributed by atoms with E-state index in [-0.39, 0.29) is 0 Å². The lowest BCUT2D eigenvalue weighted by atomic mass is 9.96. The van der Waals surface area contributed by atoms with Gasteiger partial charge in [0.1, 0.15) is 0 Å². The molecule has 0 amide bonds. The van der Waals surface area contributed by atoms with Crippen LogP contribution in [-0.2, 0) is 5.92 Å². The van der Waals surface area contributed by atoms with Crippen LogP contribution in [0.5, 0.6) is 0 Å². The average Bonchev–Trinajstić information content (AvgIpc) is 2.65. The van der Waals surface area contributed by atoms with Gasteiger partial charge in [-0.05, 0) is 0 Å². The Kier molecular flexibility index (Phi) is 4.36. The Morgan fingerprint density at radius 2 is 0.958 bits per heavy atom. The lowest BCUT2D eigenvalue weighted by Crippen LogP contribution is -2.65. The normalized spacial score (nSPS) is 15.1. The van der Waals surface area contributed by atoms with Gasteiger partial charge in [0, 0.05) is 0 Å². The maximum atomic E-state index is 13.2. The van der Waals surface area contributed by atoms with Crippen LogP contribution in [-0.4, -0.2) is 23.9 Å². The Morgan fingerprint density at radius 3 is 1.25 bits per heavy atom. The number of hydrogen-bond donors (Lipinski definition) is 0. The van der Waals surface area contributed by atoms with Gasteiger partial charge in [0.05, 0.1) is 0 Å². The van der Waals surface area contributed by atoms with Crippen molar-refractivity contribution >= 4 is 0 Å². The first kappa shape index (κ1) is 20.3. The van der Waals surface area contributed by atoms with Crippen LogP contribution >= 0.6 is 0 Å². The topological polar surface area (TPSA) is 13.1 Å². The van der Waals surface area contributed by atoms with Crippen LogP contribution in [0.25, 0.3) is 0 Å². The predicted molar refractivity (Wildman–Crippen MR) is 43.4 cm³/mol. The molecule has 0 spiro atoms. The molecule has 0 N–H and O–H groups in total. The molecule has 0 aliphatic carbocycles. The van der Waals surface area contributed by atoms with Crippen LogP contribution in [0, 0.1) is 17.6 Å². The fourth-order valence-electron chi connectivity index (χ4n) is 1.28. The van der Waals surface area contributed by atoms with Crippen LogP contribution < -0.4 is 0 Å². The molecule has 1 nitrogen and oxygen atoms in total. The molecule has 0 aliphatic rings. The molecule has 15 heteroatoms. The molecule has 0 fully saturated rings. The fourth-order valence-corrected chi connectivity index (χ4v) is 1.28. The van der Waals surface area contributed by atoms with Gasteiger partial charge in [-0.25, -0.2) is 0 Å². The van der Waals surface area contributed by atoms with E-state index in [4.69, 9.17) is 0 Å². The lowest BCUT2D eigenvalue weighted by molar-refractivity contribution is -0.426. The van der Waals surface area contributed by atoms with Crippen LogP contribution in [0.15, 0.2) is 4.42 Å². The first-order valence-corrected chi connectivity index (χ1v) is 5.05. The third-order valence-electron chi connectivity index (χ3n) is 2.58. The zero-order valence-corrected chi connectivity index (χ0v) is 10.2. The van der Waals surface area contributed by atoms with Gasteiger partial charge in [-0.2, -0.15) is 61.5 Å². The summed E-state index contributed by atoms with van der Waals surface area (Å²) in [6.45, 7) is 0. The van der Waals surface area contributed by atoms with Crippen molar-refractivity contribution in [1.29, 1.82) is 0 Å². The van der Waals surface area contributed by atoms with Crippen molar-refractivity contribution in [3.63, 3.8) is 0 Å². The van der Waals surface area contributed by atoms with Crippen molar-refractivity contribution in [2.45, 2.75) is 29.9 Å². The molecular weight excluding hydrogens is 390 g/mol. The summed E-state index contributed by atoms with van der Waals surface area (Å²) in [4.78, 5) is 0. The number of halogens is 14. The monoisotopic (exact) mass is 390 g/mol. The van der Waals surface area contributed by atoms with Gasteiger partial charge in [0.2, 0.25) is 17.4 Å². The SMILES string of the molecule is Fc1oc(C(F)(F)C(F)(F)C(F)(F)C(F)(F)C(F)(F)F)c(F)c1F. The molecule has 1 rings (SSSR count). The number of hydrogen-bond acceptors (Lipinski definition) is 1. The summed E-state index contributed by atoms with van der Waals surface area (Å²) in [6.07, 6.45) is -7.42. The zero-order valence-electron chi connectivity index (χ0n) is 10.2. The van der Waals surface area contributed by atoms with Crippen LogP contribution in [0.2, 0.25) is 0 Å². The minimum atomic E-state index is -7.85. The molecule has 0 saturated carbocycles. The van der Waals surface area contributed by atoms with Crippen molar-refractivity contribution in [2.75, 3.05) is 0 Å². The predicted octanol–water partition coefficient (Wildman–Crippen LogP) is 5.26. The Balaban J connectivity index is 3.58. The highest BCUT2D eigenvalue weighted by atomic mass is 19.4.